The first-order chi connectivity index (χ1) is 14.7. The summed E-state index contributed by atoms with van der Waals surface area (Å²) in [5.74, 6) is 1.59. The maximum atomic E-state index is 12.3. The summed E-state index contributed by atoms with van der Waals surface area (Å²) < 4.78 is 12.8. The first-order valence-corrected chi connectivity index (χ1v) is 10.4. The molecule has 156 valence electrons. The third-order valence-electron chi connectivity index (χ3n) is 5.34. The number of carbonyl (C=O) groups excluding carboxylic acids is 1. The highest BCUT2D eigenvalue weighted by molar-refractivity contribution is 5.75. The number of amides is 1. The number of methoxy groups -OCH3 is 1. The number of aromatic nitrogens is 2. The summed E-state index contributed by atoms with van der Waals surface area (Å²) >= 11 is 0. The second-order valence-electron chi connectivity index (χ2n) is 7.38. The Hall–Kier alpha value is -3.28. The van der Waals surface area contributed by atoms with Crippen LogP contribution in [0.15, 0.2) is 54.6 Å². The Morgan fingerprint density at radius 3 is 2.60 bits per heavy atom. The molecule has 0 radical (unpaired) electrons. The molecule has 30 heavy (non-hydrogen) atoms. The number of hydrogen-bond donors (Lipinski definition) is 1. The van der Waals surface area contributed by atoms with Crippen molar-refractivity contribution >= 4 is 5.91 Å². The van der Waals surface area contributed by atoms with Gasteiger partial charge in [0.2, 0.25) is 5.91 Å². The fraction of sp³-hybridized carbons (Fsp3) is 0.333. The van der Waals surface area contributed by atoms with Crippen LogP contribution < -0.4 is 14.8 Å². The Balaban J connectivity index is 1.26. The van der Waals surface area contributed by atoms with Crippen LogP contribution in [0.25, 0.3) is 5.69 Å². The minimum Gasteiger partial charge on any atom is -0.497 e. The number of fused-ring (bicyclic) bond motifs is 1. The van der Waals surface area contributed by atoms with E-state index < -0.39 is 0 Å². The Morgan fingerprint density at radius 2 is 1.83 bits per heavy atom. The molecule has 1 N–H and O–H groups in total. The summed E-state index contributed by atoms with van der Waals surface area (Å²) in [7, 11) is 1.63. The summed E-state index contributed by atoms with van der Waals surface area (Å²) in [6, 6.07) is 17.6. The molecule has 0 unspecified atom stereocenters. The molecule has 1 aliphatic rings. The van der Waals surface area contributed by atoms with Gasteiger partial charge in [-0.1, -0.05) is 18.2 Å². The van der Waals surface area contributed by atoms with E-state index in [-0.39, 0.29) is 5.91 Å². The first kappa shape index (κ1) is 20.0. The molecule has 0 saturated heterocycles. The van der Waals surface area contributed by atoms with Gasteiger partial charge in [0.05, 0.1) is 31.6 Å². The van der Waals surface area contributed by atoms with Gasteiger partial charge in [-0.25, -0.2) is 4.68 Å². The van der Waals surface area contributed by atoms with Crippen LogP contribution in [0.2, 0.25) is 0 Å². The van der Waals surface area contributed by atoms with Crippen LogP contribution in [-0.4, -0.2) is 29.4 Å². The van der Waals surface area contributed by atoms with Gasteiger partial charge in [0.1, 0.15) is 11.5 Å². The molecule has 6 nitrogen and oxygen atoms in total. The summed E-state index contributed by atoms with van der Waals surface area (Å²) in [4.78, 5) is 12.3. The summed E-state index contributed by atoms with van der Waals surface area (Å²) in [5.41, 5.74) is 4.62. The van der Waals surface area contributed by atoms with Gasteiger partial charge >= 0.3 is 0 Å². The van der Waals surface area contributed by atoms with Crippen molar-refractivity contribution < 1.29 is 14.3 Å². The van der Waals surface area contributed by atoms with Crippen molar-refractivity contribution in [3.8, 4) is 17.2 Å². The fourth-order valence-corrected chi connectivity index (χ4v) is 3.80. The van der Waals surface area contributed by atoms with Crippen LogP contribution in [0.4, 0.5) is 0 Å². The van der Waals surface area contributed by atoms with Crippen LogP contribution in [0.3, 0.4) is 0 Å². The standard InChI is InChI=1S/C24H27N3O3/c1-29-19-12-14-20(15-13-19)30-16-6-11-24(28)25-17-22-21-9-5-10-23(21)27(26-22)18-7-3-2-4-8-18/h2-4,7-8,12-15H,5-6,9-11,16-17H2,1H3,(H,25,28). The summed E-state index contributed by atoms with van der Waals surface area (Å²) in [6.07, 6.45) is 4.30. The number of benzene rings is 2. The average molecular weight is 405 g/mol. The molecule has 6 heteroatoms. The molecule has 1 heterocycles. The van der Waals surface area contributed by atoms with Gasteiger partial charge in [-0.2, -0.15) is 5.10 Å². The lowest BCUT2D eigenvalue weighted by atomic mass is 10.2. The molecule has 0 bridgehead atoms. The number of nitrogens with one attached hydrogen (secondary N) is 1. The molecule has 0 fully saturated rings. The Labute approximate surface area is 176 Å². The largest absolute Gasteiger partial charge is 0.497 e. The maximum Gasteiger partial charge on any atom is 0.220 e. The number of ether oxygens (including phenoxy) is 2. The minimum atomic E-state index is 0.0225. The molecule has 1 amide bonds. The molecule has 0 spiro atoms. The van der Waals surface area contributed by atoms with Gasteiger partial charge in [0.15, 0.2) is 0 Å². The van der Waals surface area contributed by atoms with Crippen molar-refractivity contribution in [3.05, 3.63) is 71.5 Å². The van der Waals surface area contributed by atoms with E-state index in [4.69, 9.17) is 14.6 Å². The second-order valence-corrected chi connectivity index (χ2v) is 7.38. The third kappa shape index (κ3) is 4.64. The number of carbonyl (C=O) groups is 1. The predicted molar refractivity (Wildman–Crippen MR) is 115 cm³/mol. The van der Waals surface area contributed by atoms with Gasteiger partial charge < -0.3 is 14.8 Å². The maximum absolute atomic E-state index is 12.3. The monoisotopic (exact) mass is 405 g/mol. The van der Waals surface area contributed by atoms with Gasteiger partial charge in [-0.05, 0) is 67.6 Å². The van der Waals surface area contributed by atoms with Crippen molar-refractivity contribution in [2.45, 2.75) is 38.6 Å². The molecule has 0 aliphatic heterocycles. The molecule has 0 saturated carbocycles. The highest BCUT2D eigenvalue weighted by Gasteiger charge is 2.23. The molecule has 2 aromatic carbocycles. The van der Waals surface area contributed by atoms with Crippen molar-refractivity contribution in [2.75, 3.05) is 13.7 Å². The van der Waals surface area contributed by atoms with Crippen LogP contribution in [0, 0.1) is 0 Å². The zero-order valence-corrected chi connectivity index (χ0v) is 17.3. The van der Waals surface area contributed by atoms with E-state index in [0.29, 0.717) is 26.0 Å². The Morgan fingerprint density at radius 1 is 1.07 bits per heavy atom. The van der Waals surface area contributed by atoms with Crippen molar-refractivity contribution in [3.63, 3.8) is 0 Å². The lowest BCUT2D eigenvalue weighted by Crippen LogP contribution is -2.23. The number of hydrogen-bond acceptors (Lipinski definition) is 4. The minimum absolute atomic E-state index is 0.0225. The Bertz CT molecular complexity index is 981. The molecule has 4 rings (SSSR count). The normalized spacial score (nSPS) is 12.4. The van der Waals surface area contributed by atoms with E-state index in [0.717, 1.165) is 42.1 Å². The zero-order valence-electron chi connectivity index (χ0n) is 17.3. The topological polar surface area (TPSA) is 65.4 Å². The SMILES string of the molecule is COc1ccc(OCCCC(=O)NCc2nn(-c3ccccc3)c3c2CCC3)cc1. The summed E-state index contributed by atoms with van der Waals surface area (Å²) in [6.45, 7) is 0.970. The van der Waals surface area contributed by atoms with Crippen molar-refractivity contribution in [2.24, 2.45) is 0 Å². The molecular weight excluding hydrogens is 378 g/mol. The predicted octanol–water partition coefficient (Wildman–Crippen LogP) is 3.85. The second kappa shape index (κ2) is 9.48. The van der Waals surface area contributed by atoms with Gasteiger partial charge in [0, 0.05) is 12.1 Å². The van der Waals surface area contributed by atoms with Gasteiger partial charge in [0.25, 0.3) is 0 Å². The van der Waals surface area contributed by atoms with Crippen LogP contribution in [0.1, 0.15) is 36.2 Å². The first-order valence-electron chi connectivity index (χ1n) is 10.4. The molecule has 3 aromatic rings. The molecule has 1 aliphatic carbocycles. The molecular formula is C24H27N3O3. The average Bonchev–Trinajstić information content (AvgIpc) is 3.39. The number of rotatable bonds is 9. The highest BCUT2D eigenvalue weighted by atomic mass is 16.5. The van der Waals surface area contributed by atoms with E-state index in [1.165, 1.54) is 11.3 Å². The number of para-hydroxylation sites is 1. The molecule has 1 aromatic heterocycles. The Kier molecular flexibility index (Phi) is 6.32. The summed E-state index contributed by atoms with van der Waals surface area (Å²) in [5, 5.41) is 7.81. The quantitative estimate of drug-likeness (QED) is 0.549. The van der Waals surface area contributed by atoms with E-state index in [1.807, 2.05) is 47.1 Å². The van der Waals surface area contributed by atoms with E-state index >= 15 is 0 Å². The van der Waals surface area contributed by atoms with Crippen molar-refractivity contribution in [1.29, 1.82) is 0 Å². The molecule has 0 atom stereocenters. The van der Waals surface area contributed by atoms with Gasteiger partial charge in [-0.3, -0.25) is 4.79 Å². The lowest BCUT2D eigenvalue weighted by molar-refractivity contribution is -0.121. The smallest absolute Gasteiger partial charge is 0.220 e. The van der Waals surface area contributed by atoms with Crippen LogP contribution in [0.5, 0.6) is 11.5 Å². The number of nitrogens with zero attached hydrogens (tertiary/aromatic N) is 2. The van der Waals surface area contributed by atoms with Crippen molar-refractivity contribution in [1.82, 2.24) is 15.1 Å². The van der Waals surface area contributed by atoms with Crippen LogP contribution >= 0.6 is 0 Å². The van der Waals surface area contributed by atoms with E-state index in [1.54, 1.807) is 7.11 Å². The third-order valence-corrected chi connectivity index (χ3v) is 5.34. The highest BCUT2D eigenvalue weighted by Crippen LogP contribution is 2.27. The zero-order chi connectivity index (χ0) is 20.8. The van der Waals surface area contributed by atoms with Gasteiger partial charge in [-0.15, -0.1) is 0 Å². The fourth-order valence-electron chi connectivity index (χ4n) is 3.80. The van der Waals surface area contributed by atoms with Crippen LogP contribution in [-0.2, 0) is 24.2 Å². The lowest BCUT2D eigenvalue weighted by Gasteiger charge is -2.08. The van der Waals surface area contributed by atoms with E-state index in [9.17, 15) is 4.79 Å². The van der Waals surface area contributed by atoms with E-state index in [2.05, 4.69) is 17.4 Å².